The lowest BCUT2D eigenvalue weighted by Gasteiger charge is -2.16. The van der Waals surface area contributed by atoms with Gasteiger partial charge in [-0.15, -0.1) is 0 Å². The van der Waals surface area contributed by atoms with E-state index in [1.54, 1.807) is 0 Å². The first kappa shape index (κ1) is 19.7. The van der Waals surface area contributed by atoms with Crippen molar-refractivity contribution in [2.24, 2.45) is 23.7 Å². The molecule has 0 spiro atoms. The van der Waals surface area contributed by atoms with E-state index in [1.807, 2.05) is 0 Å². The molecule has 0 N–H and O–H groups in total. The van der Waals surface area contributed by atoms with Gasteiger partial charge in [-0.25, -0.2) is 0 Å². The summed E-state index contributed by atoms with van der Waals surface area (Å²) in [6.07, 6.45) is 9.74. The monoisotopic (exact) mass is 282 g/mol. The van der Waals surface area contributed by atoms with Crippen molar-refractivity contribution in [2.45, 2.75) is 92.9 Å². The molecule has 2 atom stereocenters. The zero-order valence-electron chi connectivity index (χ0n) is 14.9. The summed E-state index contributed by atoms with van der Waals surface area (Å²) >= 11 is 0. The van der Waals surface area contributed by atoms with Crippen LogP contribution in [-0.4, -0.2) is 5.78 Å². The molecule has 0 rings (SSSR count). The molecule has 0 aliphatic rings. The fourth-order valence-electron chi connectivity index (χ4n) is 2.78. The molecular formula is C19H38O. The number of carbonyl (C=O) groups excluding carboxylic acids is 1. The Kier molecular flexibility index (Phi) is 11.2. The standard InChI is InChI=1S/C19H38O/c1-15(2)11-7-9-13-17(5)19(20)18(6)14-10-8-12-16(3)4/h15-18H,7-14H2,1-6H3. The second-order valence-electron chi connectivity index (χ2n) is 7.56. The Labute approximate surface area is 127 Å². The van der Waals surface area contributed by atoms with Crippen LogP contribution in [0.25, 0.3) is 0 Å². The van der Waals surface area contributed by atoms with E-state index in [2.05, 4.69) is 41.5 Å². The quantitative estimate of drug-likeness (QED) is 0.386. The Bertz CT molecular complexity index is 218. The van der Waals surface area contributed by atoms with E-state index >= 15 is 0 Å². The molecule has 20 heavy (non-hydrogen) atoms. The van der Waals surface area contributed by atoms with Crippen LogP contribution in [0.3, 0.4) is 0 Å². The van der Waals surface area contributed by atoms with E-state index in [4.69, 9.17) is 0 Å². The predicted molar refractivity (Wildman–Crippen MR) is 89.9 cm³/mol. The molecule has 0 aliphatic heterocycles. The van der Waals surface area contributed by atoms with Crippen LogP contribution in [-0.2, 0) is 4.79 Å². The van der Waals surface area contributed by atoms with Gasteiger partial charge in [-0.05, 0) is 24.7 Å². The van der Waals surface area contributed by atoms with Crippen LogP contribution in [0.4, 0.5) is 0 Å². The zero-order chi connectivity index (χ0) is 15.5. The van der Waals surface area contributed by atoms with E-state index in [0.29, 0.717) is 5.78 Å². The molecule has 1 nitrogen and oxygen atoms in total. The van der Waals surface area contributed by atoms with Crippen LogP contribution in [0.1, 0.15) is 92.9 Å². The van der Waals surface area contributed by atoms with Gasteiger partial charge in [0.2, 0.25) is 0 Å². The maximum absolute atomic E-state index is 12.3. The van der Waals surface area contributed by atoms with E-state index < -0.39 is 0 Å². The van der Waals surface area contributed by atoms with E-state index in [9.17, 15) is 4.79 Å². The molecule has 120 valence electrons. The molecule has 0 saturated carbocycles. The van der Waals surface area contributed by atoms with Crippen LogP contribution in [0.15, 0.2) is 0 Å². The van der Waals surface area contributed by atoms with E-state index in [-0.39, 0.29) is 11.8 Å². The SMILES string of the molecule is CC(C)CCCCC(C)C(=O)C(C)CCCCC(C)C. The molecule has 0 aromatic carbocycles. The molecule has 0 bridgehead atoms. The van der Waals surface area contributed by atoms with Gasteiger partial charge in [0.1, 0.15) is 5.78 Å². The van der Waals surface area contributed by atoms with Gasteiger partial charge in [0.25, 0.3) is 0 Å². The molecule has 0 aliphatic carbocycles. The Morgan fingerprint density at radius 3 is 1.20 bits per heavy atom. The molecule has 0 fully saturated rings. The van der Waals surface area contributed by atoms with Crippen LogP contribution in [0.2, 0.25) is 0 Å². The Morgan fingerprint density at radius 2 is 0.900 bits per heavy atom. The van der Waals surface area contributed by atoms with Gasteiger partial charge in [0.05, 0.1) is 0 Å². The second-order valence-corrected chi connectivity index (χ2v) is 7.56. The number of rotatable bonds is 12. The van der Waals surface area contributed by atoms with E-state index in [1.165, 1.54) is 38.5 Å². The van der Waals surface area contributed by atoms with Crippen molar-refractivity contribution in [3.8, 4) is 0 Å². The lowest BCUT2D eigenvalue weighted by molar-refractivity contribution is -0.126. The van der Waals surface area contributed by atoms with Gasteiger partial charge in [-0.1, -0.05) is 80.1 Å². The van der Waals surface area contributed by atoms with Crippen molar-refractivity contribution in [2.75, 3.05) is 0 Å². The van der Waals surface area contributed by atoms with Crippen LogP contribution in [0, 0.1) is 23.7 Å². The highest BCUT2D eigenvalue weighted by Crippen LogP contribution is 2.20. The average molecular weight is 283 g/mol. The predicted octanol–water partition coefficient (Wildman–Crippen LogP) is 6.26. The summed E-state index contributed by atoms with van der Waals surface area (Å²) in [7, 11) is 0. The van der Waals surface area contributed by atoms with Gasteiger partial charge in [0.15, 0.2) is 0 Å². The fraction of sp³-hybridized carbons (Fsp3) is 0.947. The molecule has 1 heteroatoms. The molecule has 0 saturated heterocycles. The maximum atomic E-state index is 12.3. The molecule has 0 aromatic heterocycles. The highest BCUT2D eigenvalue weighted by atomic mass is 16.1. The number of unbranched alkanes of at least 4 members (excludes halogenated alkanes) is 2. The minimum absolute atomic E-state index is 0.266. The van der Waals surface area contributed by atoms with Crippen molar-refractivity contribution >= 4 is 5.78 Å². The molecule has 0 amide bonds. The summed E-state index contributed by atoms with van der Waals surface area (Å²) in [6, 6.07) is 0. The summed E-state index contributed by atoms with van der Waals surface area (Å²) in [5.41, 5.74) is 0. The smallest absolute Gasteiger partial charge is 0.138 e. The van der Waals surface area contributed by atoms with Gasteiger partial charge in [0, 0.05) is 11.8 Å². The highest BCUT2D eigenvalue weighted by molar-refractivity contribution is 5.82. The summed E-state index contributed by atoms with van der Waals surface area (Å²) in [4.78, 5) is 12.3. The number of ketones is 1. The minimum Gasteiger partial charge on any atom is -0.299 e. The third kappa shape index (κ3) is 10.5. The Morgan fingerprint density at radius 1 is 0.600 bits per heavy atom. The maximum Gasteiger partial charge on any atom is 0.138 e. The summed E-state index contributed by atoms with van der Waals surface area (Å²) in [5.74, 6) is 2.62. The van der Waals surface area contributed by atoms with Gasteiger partial charge < -0.3 is 0 Å². The summed E-state index contributed by atoms with van der Waals surface area (Å²) < 4.78 is 0. The Balaban J connectivity index is 3.75. The molecule has 0 aromatic rings. The van der Waals surface area contributed by atoms with Crippen LogP contribution >= 0.6 is 0 Å². The molecule has 0 radical (unpaired) electrons. The van der Waals surface area contributed by atoms with Gasteiger partial charge >= 0.3 is 0 Å². The number of hydrogen-bond acceptors (Lipinski definition) is 1. The lowest BCUT2D eigenvalue weighted by Crippen LogP contribution is -2.19. The first-order valence-corrected chi connectivity index (χ1v) is 8.88. The van der Waals surface area contributed by atoms with E-state index in [0.717, 1.165) is 24.7 Å². The number of carbonyl (C=O) groups is 1. The molecular weight excluding hydrogens is 244 g/mol. The summed E-state index contributed by atoms with van der Waals surface area (Å²) in [5, 5.41) is 0. The van der Waals surface area contributed by atoms with Crippen LogP contribution < -0.4 is 0 Å². The van der Waals surface area contributed by atoms with Crippen molar-refractivity contribution in [3.05, 3.63) is 0 Å². The normalized spacial score (nSPS) is 14.8. The minimum atomic E-state index is 0.266. The largest absolute Gasteiger partial charge is 0.299 e. The van der Waals surface area contributed by atoms with Crippen molar-refractivity contribution in [1.82, 2.24) is 0 Å². The number of hydrogen-bond donors (Lipinski definition) is 0. The van der Waals surface area contributed by atoms with Gasteiger partial charge in [-0.3, -0.25) is 4.79 Å². The average Bonchev–Trinajstić information content (AvgIpc) is 2.37. The zero-order valence-corrected chi connectivity index (χ0v) is 14.9. The fourth-order valence-corrected chi connectivity index (χ4v) is 2.78. The first-order valence-electron chi connectivity index (χ1n) is 8.88. The number of Topliss-reactive ketones (excluding diaryl/α,β-unsaturated/α-hetero) is 1. The highest BCUT2D eigenvalue weighted by Gasteiger charge is 2.19. The first-order chi connectivity index (χ1) is 9.34. The van der Waals surface area contributed by atoms with Crippen molar-refractivity contribution in [3.63, 3.8) is 0 Å². The van der Waals surface area contributed by atoms with Crippen molar-refractivity contribution in [1.29, 1.82) is 0 Å². The Hall–Kier alpha value is -0.330. The van der Waals surface area contributed by atoms with Crippen LogP contribution in [0.5, 0.6) is 0 Å². The van der Waals surface area contributed by atoms with Crippen molar-refractivity contribution < 1.29 is 4.79 Å². The molecule has 0 heterocycles. The third-order valence-corrected chi connectivity index (χ3v) is 4.31. The second kappa shape index (κ2) is 11.3. The lowest BCUT2D eigenvalue weighted by atomic mass is 9.87. The van der Waals surface area contributed by atoms with Gasteiger partial charge in [-0.2, -0.15) is 0 Å². The third-order valence-electron chi connectivity index (χ3n) is 4.31. The summed E-state index contributed by atoms with van der Waals surface area (Å²) in [6.45, 7) is 13.3. The topological polar surface area (TPSA) is 17.1 Å². The molecule has 2 unspecified atom stereocenters.